The summed E-state index contributed by atoms with van der Waals surface area (Å²) in [6.45, 7) is 9.18. The van der Waals surface area contributed by atoms with E-state index in [1.54, 1.807) is 31.4 Å². The lowest BCUT2D eigenvalue weighted by Crippen LogP contribution is -2.51. The number of aromatic carboxylic acids is 1. The zero-order valence-corrected chi connectivity index (χ0v) is 18.6. The lowest BCUT2D eigenvalue weighted by molar-refractivity contribution is 0.0697. The van der Waals surface area contributed by atoms with Crippen molar-refractivity contribution in [1.82, 2.24) is 4.90 Å². The van der Waals surface area contributed by atoms with Crippen molar-refractivity contribution >= 4 is 23.3 Å². The first-order valence-corrected chi connectivity index (χ1v) is 10.7. The van der Waals surface area contributed by atoms with Crippen molar-refractivity contribution in [2.45, 2.75) is 20.3 Å². The molecule has 0 amide bonds. The number of benzene rings is 2. The van der Waals surface area contributed by atoms with E-state index in [9.17, 15) is 4.79 Å². The molecule has 1 aliphatic heterocycles. The van der Waals surface area contributed by atoms with Gasteiger partial charge in [-0.3, -0.25) is 4.99 Å². The van der Waals surface area contributed by atoms with Crippen LogP contribution in [0.1, 0.15) is 27.9 Å². The summed E-state index contributed by atoms with van der Waals surface area (Å²) in [5.74, 6) is -0.109. The smallest absolute Gasteiger partial charge is 0.335 e. The van der Waals surface area contributed by atoms with E-state index in [-0.39, 0.29) is 5.56 Å². The van der Waals surface area contributed by atoms with Crippen molar-refractivity contribution in [3.05, 3.63) is 59.2 Å². The number of rotatable bonds is 7. The molecule has 3 rings (SSSR count). The lowest BCUT2D eigenvalue weighted by Gasteiger charge is -2.38. The van der Waals surface area contributed by atoms with E-state index >= 15 is 0 Å². The van der Waals surface area contributed by atoms with Crippen LogP contribution in [0.2, 0.25) is 0 Å². The Bertz CT molecular complexity index is 904. The van der Waals surface area contributed by atoms with Gasteiger partial charge in [-0.1, -0.05) is 12.1 Å². The van der Waals surface area contributed by atoms with Crippen LogP contribution < -0.4 is 10.2 Å². The monoisotopic (exact) mass is 424 g/mol. The van der Waals surface area contributed by atoms with Crippen molar-refractivity contribution in [3.63, 3.8) is 0 Å². The Morgan fingerprint density at radius 2 is 1.81 bits per heavy atom. The van der Waals surface area contributed by atoms with Gasteiger partial charge >= 0.3 is 5.97 Å². The summed E-state index contributed by atoms with van der Waals surface area (Å²) in [6, 6.07) is 13.4. The van der Waals surface area contributed by atoms with Crippen LogP contribution in [0.15, 0.2) is 47.5 Å². The molecule has 0 spiro atoms. The van der Waals surface area contributed by atoms with Crippen LogP contribution in [0.5, 0.6) is 0 Å². The predicted molar refractivity (Wildman–Crippen MR) is 126 cm³/mol. The van der Waals surface area contributed by atoms with Crippen LogP contribution in [0.3, 0.4) is 0 Å². The number of aryl methyl sites for hydroxylation is 2. The van der Waals surface area contributed by atoms with Crippen LogP contribution in [-0.2, 0) is 4.74 Å². The highest BCUT2D eigenvalue weighted by Crippen LogP contribution is 2.23. The maximum Gasteiger partial charge on any atom is 0.335 e. The second-order valence-electron chi connectivity index (χ2n) is 7.82. The number of ether oxygens (including phenoxy) is 1. The lowest BCUT2D eigenvalue weighted by atomic mass is 10.1. The number of nitrogens with one attached hydrogen (secondary N) is 1. The summed E-state index contributed by atoms with van der Waals surface area (Å²) < 4.78 is 5.14. The van der Waals surface area contributed by atoms with Gasteiger partial charge < -0.3 is 25.0 Å². The molecule has 7 nitrogen and oxygen atoms in total. The van der Waals surface area contributed by atoms with Crippen LogP contribution in [-0.4, -0.2) is 68.4 Å². The molecule has 31 heavy (non-hydrogen) atoms. The molecule has 0 saturated carbocycles. The number of piperazine rings is 1. The molecular weight excluding hydrogens is 392 g/mol. The van der Waals surface area contributed by atoms with Gasteiger partial charge in [0.15, 0.2) is 5.96 Å². The Morgan fingerprint density at radius 1 is 1.10 bits per heavy atom. The summed E-state index contributed by atoms with van der Waals surface area (Å²) in [7, 11) is 1.69. The third kappa shape index (κ3) is 6.21. The Morgan fingerprint density at radius 3 is 2.45 bits per heavy atom. The zero-order valence-electron chi connectivity index (χ0n) is 18.6. The molecule has 166 valence electrons. The minimum atomic E-state index is -0.928. The van der Waals surface area contributed by atoms with Crippen molar-refractivity contribution in [3.8, 4) is 0 Å². The third-order valence-corrected chi connectivity index (χ3v) is 5.44. The summed E-state index contributed by atoms with van der Waals surface area (Å²) >= 11 is 0. The van der Waals surface area contributed by atoms with Crippen LogP contribution in [0.25, 0.3) is 0 Å². The van der Waals surface area contributed by atoms with E-state index in [1.165, 1.54) is 16.8 Å². The zero-order chi connectivity index (χ0) is 22.2. The summed E-state index contributed by atoms with van der Waals surface area (Å²) in [6.07, 6.45) is 0.849. The number of hydrogen-bond donors (Lipinski definition) is 2. The molecule has 0 aliphatic carbocycles. The van der Waals surface area contributed by atoms with Crippen molar-refractivity contribution in [2.75, 3.05) is 56.7 Å². The highest BCUT2D eigenvalue weighted by atomic mass is 16.5. The summed E-state index contributed by atoms with van der Waals surface area (Å²) in [5.41, 5.74) is 4.97. The average Bonchev–Trinajstić information content (AvgIpc) is 2.78. The largest absolute Gasteiger partial charge is 0.478 e. The van der Waals surface area contributed by atoms with E-state index in [4.69, 9.17) is 14.8 Å². The molecule has 1 heterocycles. The minimum Gasteiger partial charge on any atom is -0.478 e. The SMILES string of the molecule is COCCCN=C(Nc1ccc(C(=O)O)cc1)N1CCN(c2cc(C)ccc2C)CC1. The quantitative estimate of drug-likeness (QED) is 0.402. The average molecular weight is 425 g/mol. The summed E-state index contributed by atoms with van der Waals surface area (Å²) in [5, 5.41) is 12.5. The van der Waals surface area contributed by atoms with Crippen LogP contribution >= 0.6 is 0 Å². The fraction of sp³-hybridized carbons (Fsp3) is 0.417. The standard InChI is InChI=1S/C24H32N4O3/c1-18-5-6-19(2)22(17-18)27-12-14-28(15-13-27)24(25-11-4-16-31-3)26-21-9-7-20(8-10-21)23(29)30/h5-10,17H,4,11-16H2,1-3H3,(H,25,26)(H,29,30). The molecule has 0 unspecified atom stereocenters. The Kier molecular flexibility index (Phi) is 7.89. The van der Waals surface area contributed by atoms with Crippen molar-refractivity contribution in [1.29, 1.82) is 0 Å². The predicted octanol–water partition coefficient (Wildman–Crippen LogP) is 3.63. The summed E-state index contributed by atoms with van der Waals surface area (Å²) in [4.78, 5) is 20.6. The van der Waals surface area contributed by atoms with Gasteiger partial charge in [-0.05, 0) is 61.7 Å². The second-order valence-corrected chi connectivity index (χ2v) is 7.82. The number of anilines is 2. The molecule has 0 bridgehead atoms. The molecule has 7 heteroatoms. The van der Waals surface area contributed by atoms with E-state index in [2.05, 4.69) is 47.2 Å². The Balaban J connectivity index is 1.69. The van der Waals surface area contributed by atoms with Crippen LogP contribution in [0, 0.1) is 13.8 Å². The van der Waals surface area contributed by atoms with E-state index in [1.807, 2.05) is 0 Å². The van der Waals surface area contributed by atoms with Gasteiger partial charge in [0.2, 0.25) is 0 Å². The number of guanidine groups is 1. The fourth-order valence-electron chi connectivity index (χ4n) is 3.66. The maximum atomic E-state index is 11.1. The highest BCUT2D eigenvalue weighted by molar-refractivity contribution is 5.95. The number of methoxy groups -OCH3 is 1. The van der Waals surface area contributed by atoms with Crippen molar-refractivity contribution in [2.24, 2.45) is 4.99 Å². The number of hydrogen-bond acceptors (Lipinski definition) is 4. The number of aliphatic imine (C=N–C) groups is 1. The normalized spacial score (nSPS) is 14.6. The molecule has 1 fully saturated rings. The van der Waals surface area contributed by atoms with Gasteiger partial charge in [0.25, 0.3) is 0 Å². The Hall–Kier alpha value is -3.06. The number of carboxylic acid groups (broad SMARTS) is 1. The first kappa shape index (κ1) is 22.6. The van der Waals surface area contributed by atoms with Gasteiger partial charge in [-0.2, -0.15) is 0 Å². The molecule has 0 aromatic heterocycles. The molecule has 2 aromatic carbocycles. The van der Waals surface area contributed by atoms with E-state index < -0.39 is 5.97 Å². The maximum absolute atomic E-state index is 11.1. The highest BCUT2D eigenvalue weighted by Gasteiger charge is 2.21. The van der Waals surface area contributed by atoms with Gasteiger partial charge in [-0.15, -0.1) is 0 Å². The molecule has 2 N–H and O–H groups in total. The van der Waals surface area contributed by atoms with Crippen LogP contribution in [0.4, 0.5) is 11.4 Å². The van der Waals surface area contributed by atoms with Crippen molar-refractivity contribution < 1.29 is 14.6 Å². The molecule has 2 aromatic rings. The number of carboxylic acids is 1. The first-order valence-electron chi connectivity index (χ1n) is 10.7. The van der Waals surface area contributed by atoms with Gasteiger partial charge in [0, 0.05) is 57.8 Å². The molecule has 1 saturated heterocycles. The Labute approximate surface area is 184 Å². The molecule has 0 radical (unpaired) electrons. The topological polar surface area (TPSA) is 77.4 Å². The van der Waals surface area contributed by atoms with E-state index in [0.29, 0.717) is 13.2 Å². The van der Waals surface area contributed by atoms with Gasteiger partial charge in [0.05, 0.1) is 5.56 Å². The van der Waals surface area contributed by atoms with E-state index in [0.717, 1.165) is 44.2 Å². The van der Waals surface area contributed by atoms with Gasteiger partial charge in [-0.25, -0.2) is 4.79 Å². The fourth-order valence-corrected chi connectivity index (χ4v) is 3.66. The number of carbonyl (C=O) groups is 1. The molecule has 1 aliphatic rings. The second kappa shape index (κ2) is 10.8. The van der Waals surface area contributed by atoms with Gasteiger partial charge in [0.1, 0.15) is 0 Å². The third-order valence-electron chi connectivity index (χ3n) is 5.44. The first-order chi connectivity index (χ1) is 15.0. The molecule has 0 atom stereocenters. The number of nitrogens with zero attached hydrogens (tertiary/aromatic N) is 3. The molecular formula is C24H32N4O3. The minimum absolute atomic E-state index is 0.270.